The van der Waals surface area contributed by atoms with Crippen molar-refractivity contribution in [3.05, 3.63) is 36.5 Å². The lowest BCUT2D eigenvalue weighted by atomic mass is 10.1. The first kappa shape index (κ1) is 20.7. The lowest BCUT2D eigenvalue weighted by Crippen LogP contribution is -2.00. The Morgan fingerprint density at radius 3 is 2.62 bits per heavy atom. The van der Waals surface area contributed by atoms with E-state index in [-0.39, 0.29) is 18.6 Å². The number of epoxide rings is 1. The molecule has 1 rings (SSSR count). The molecular formula is C20H32O4. The highest BCUT2D eigenvalue weighted by atomic mass is 16.6. The number of aliphatic carboxylic acids is 1. The molecule has 1 heterocycles. The minimum absolute atomic E-state index is 0.138. The molecule has 0 aliphatic carbocycles. The van der Waals surface area contributed by atoms with E-state index in [1.54, 1.807) is 6.08 Å². The molecule has 0 saturated carbocycles. The Morgan fingerprint density at radius 2 is 1.88 bits per heavy atom. The molecule has 3 atom stereocenters. The maximum absolute atomic E-state index is 10.4. The lowest BCUT2D eigenvalue weighted by Gasteiger charge is -1.99. The number of unbranched alkanes of at least 4 members (excludes halogenated alkanes) is 4. The standard InChI is InChI=1S/C20H32O4/c1-2-3-4-5-6-10-13-18-19(24-18)16-15-17(21)12-9-7-8-11-14-20(22)23/h6-7,9-10,15-19,21H,2-5,8,11-14H2,1H3,(H,22,23)/b9-7+,10-6+,16-15+/t17-,18?,19?/m0/s1. The fourth-order valence-corrected chi connectivity index (χ4v) is 2.42. The van der Waals surface area contributed by atoms with Crippen molar-refractivity contribution in [1.29, 1.82) is 0 Å². The summed E-state index contributed by atoms with van der Waals surface area (Å²) < 4.78 is 5.55. The van der Waals surface area contributed by atoms with Crippen molar-refractivity contribution < 1.29 is 19.7 Å². The zero-order chi connectivity index (χ0) is 17.6. The molecule has 1 aliphatic heterocycles. The van der Waals surface area contributed by atoms with E-state index >= 15 is 0 Å². The predicted molar refractivity (Wildman–Crippen MR) is 97.0 cm³/mol. The van der Waals surface area contributed by atoms with Crippen LogP contribution in [-0.4, -0.2) is 34.5 Å². The number of carbonyl (C=O) groups is 1. The molecule has 2 N–H and O–H groups in total. The molecule has 0 aromatic carbocycles. The fraction of sp³-hybridized carbons (Fsp3) is 0.650. The van der Waals surface area contributed by atoms with Crippen molar-refractivity contribution in [3.8, 4) is 0 Å². The van der Waals surface area contributed by atoms with Crippen LogP contribution < -0.4 is 0 Å². The number of hydrogen-bond acceptors (Lipinski definition) is 3. The van der Waals surface area contributed by atoms with Gasteiger partial charge >= 0.3 is 5.97 Å². The highest BCUT2D eigenvalue weighted by Gasteiger charge is 2.34. The van der Waals surface area contributed by atoms with Crippen LogP contribution in [0.3, 0.4) is 0 Å². The third-order valence-corrected chi connectivity index (χ3v) is 3.96. The van der Waals surface area contributed by atoms with Crippen LogP contribution >= 0.6 is 0 Å². The summed E-state index contributed by atoms with van der Waals surface area (Å²) in [7, 11) is 0. The highest BCUT2D eigenvalue weighted by Crippen LogP contribution is 2.27. The van der Waals surface area contributed by atoms with Crippen LogP contribution in [0.25, 0.3) is 0 Å². The predicted octanol–water partition coefficient (Wildman–Crippen LogP) is 4.40. The Bertz CT molecular complexity index is 425. The zero-order valence-corrected chi connectivity index (χ0v) is 14.8. The number of carboxylic acids is 1. The molecule has 1 fully saturated rings. The van der Waals surface area contributed by atoms with E-state index in [2.05, 4.69) is 19.1 Å². The molecule has 0 bridgehead atoms. The number of aliphatic hydroxyl groups is 1. The minimum Gasteiger partial charge on any atom is -0.481 e. The Kier molecular flexibility index (Phi) is 11.2. The van der Waals surface area contributed by atoms with Gasteiger partial charge in [-0.25, -0.2) is 0 Å². The second-order valence-corrected chi connectivity index (χ2v) is 6.29. The number of allylic oxidation sites excluding steroid dienone is 2. The molecule has 1 aliphatic rings. The lowest BCUT2D eigenvalue weighted by molar-refractivity contribution is -0.137. The molecule has 0 spiro atoms. The van der Waals surface area contributed by atoms with E-state index in [9.17, 15) is 9.90 Å². The first-order valence-electron chi connectivity index (χ1n) is 9.17. The normalized spacial score (nSPS) is 21.9. The van der Waals surface area contributed by atoms with Gasteiger partial charge in [0, 0.05) is 6.42 Å². The molecule has 24 heavy (non-hydrogen) atoms. The number of rotatable bonds is 14. The molecule has 0 radical (unpaired) electrons. The maximum atomic E-state index is 10.4. The number of carboxylic acid groups (broad SMARTS) is 1. The smallest absolute Gasteiger partial charge is 0.303 e. The number of ether oxygens (including phenoxy) is 1. The van der Waals surface area contributed by atoms with Gasteiger partial charge in [-0.1, -0.05) is 56.2 Å². The van der Waals surface area contributed by atoms with Gasteiger partial charge in [0.25, 0.3) is 0 Å². The molecule has 0 aromatic rings. The van der Waals surface area contributed by atoms with Gasteiger partial charge in [-0.2, -0.15) is 0 Å². The van der Waals surface area contributed by atoms with Gasteiger partial charge in [0.15, 0.2) is 0 Å². The topological polar surface area (TPSA) is 70.1 Å². The average Bonchev–Trinajstić information content (AvgIpc) is 3.30. The number of aliphatic hydroxyl groups excluding tert-OH is 1. The van der Waals surface area contributed by atoms with Crippen molar-refractivity contribution in [2.45, 2.75) is 83.0 Å². The van der Waals surface area contributed by atoms with Crippen molar-refractivity contribution in [1.82, 2.24) is 0 Å². The summed E-state index contributed by atoms with van der Waals surface area (Å²) in [5.41, 5.74) is 0. The second-order valence-electron chi connectivity index (χ2n) is 6.29. The summed E-state index contributed by atoms with van der Waals surface area (Å²) in [6.07, 6.45) is 19.9. The minimum atomic E-state index is -0.763. The van der Waals surface area contributed by atoms with Crippen LogP contribution in [0.2, 0.25) is 0 Å². The van der Waals surface area contributed by atoms with Gasteiger partial charge in [-0.3, -0.25) is 4.79 Å². The van der Waals surface area contributed by atoms with E-state index in [1.807, 2.05) is 18.2 Å². The molecule has 1 saturated heterocycles. The summed E-state index contributed by atoms with van der Waals surface area (Å²) in [6, 6.07) is 0. The summed E-state index contributed by atoms with van der Waals surface area (Å²) in [4.78, 5) is 10.4. The molecule has 0 amide bonds. The summed E-state index contributed by atoms with van der Waals surface area (Å²) in [6.45, 7) is 2.21. The van der Waals surface area contributed by atoms with Gasteiger partial charge in [-0.05, 0) is 38.5 Å². The van der Waals surface area contributed by atoms with E-state index < -0.39 is 12.1 Å². The van der Waals surface area contributed by atoms with Crippen LogP contribution in [0.1, 0.15) is 64.7 Å². The molecule has 136 valence electrons. The van der Waals surface area contributed by atoms with Gasteiger partial charge in [0.05, 0.1) is 12.2 Å². The van der Waals surface area contributed by atoms with Crippen LogP contribution in [0.15, 0.2) is 36.5 Å². The second kappa shape index (κ2) is 13.0. The third-order valence-electron chi connectivity index (χ3n) is 3.96. The zero-order valence-electron chi connectivity index (χ0n) is 14.8. The SMILES string of the molecule is CCCCC/C=C/CC1OC1/C=C/[C@@H](O)C/C=C/CCCC(=O)O. The molecular weight excluding hydrogens is 304 g/mol. The Balaban J connectivity index is 2.04. The summed E-state index contributed by atoms with van der Waals surface area (Å²) in [5.74, 6) is -0.763. The van der Waals surface area contributed by atoms with Crippen LogP contribution in [-0.2, 0) is 9.53 Å². The summed E-state index contributed by atoms with van der Waals surface area (Å²) >= 11 is 0. The first-order valence-corrected chi connectivity index (χ1v) is 9.17. The Labute approximate surface area is 145 Å². The quantitative estimate of drug-likeness (QED) is 0.280. The van der Waals surface area contributed by atoms with Crippen molar-refractivity contribution >= 4 is 5.97 Å². The van der Waals surface area contributed by atoms with Gasteiger partial charge in [-0.15, -0.1) is 0 Å². The van der Waals surface area contributed by atoms with Crippen LogP contribution in [0, 0.1) is 0 Å². The van der Waals surface area contributed by atoms with Crippen molar-refractivity contribution in [2.24, 2.45) is 0 Å². The van der Waals surface area contributed by atoms with E-state index in [0.717, 1.165) is 19.3 Å². The van der Waals surface area contributed by atoms with Gasteiger partial charge < -0.3 is 14.9 Å². The van der Waals surface area contributed by atoms with Crippen molar-refractivity contribution in [2.75, 3.05) is 0 Å². The largest absolute Gasteiger partial charge is 0.481 e. The van der Waals surface area contributed by atoms with E-state index in [0.29, 0.717) is 12.8 Å². The van der Waals surface area contributed by atoms with E-state index in [1.165, 1.54) is 19.3 Å². The highest BCUT2D eigenvalue weighted by molar-refractivity contribution is 5.66. The van der Waals surface area contributed by atoms with Crippen LogP contribution in [0.4, 0.5) is 0 Å². The molecule has 0 aromatic heterocycles. The summed E-state index contributed by atoms with van der Waals surface area (Å²) in [5, 5.41) is 18.4. The molecule has 4 heteroatoms. The first-order chi connectivity index (χ1) is 11.6. The number of hydrogen-bond donors (Lipinski definition) is 2. The van der Waals surface area contributed by atoms with E-state index in [4.69, 9.17) is 9.84 Å². The van der Waals surface area contributed by atoms with Crippen LogP contribution in [0.5, 0.6) is 0 Å². The monoisotopic (exact) mass is 336 g/mol. The van der Waals surface area contributed by atoms with Crippen molar-refractivity contribution in [3.63, 3.8) is 0 Å². The average molecular weight is 336 g/mol. The fourth-order valence-electron chi connectivity index (χ4n) is 2.42. The van der Waals surface area contributed by atoms with Gasteiger partial charge in [0.2, 0.25) is 0 Å². The Morgan fingerprint density at radius 1 is 1.12 bits per heavy atom. The Hall–Kier alpha value is -1.39. The molecule has 2 unspecified atom stereocenters. The van der Waals surface area contributed by atoms with Gasteiger partial charge in [0.1, 0.15) is 6.10 Å². The molecule has 4 nitrogen and oxygen atoms in total. The third kappa shape index (κ3) is 11.2. The maximum Gasteiger partial charge on any atom is 0.303 e.